The second-order valence-corrected chi connectivity index (χ2v) is 5.24. The maximum absolute atomic E-state index is 8.64. The fraction of sp³-hybridized carbons (Fsp3) is 0.643. The van der Waals surface area contributed by atoms with Crippen LogP contribution in [0.25, 0.3) is 0 Å². The van der Waals surface area contributed by atoms with Crippen molar-refractivity contribution in [1.82, 2.24) is 9.97 Å². The fourth-order valence-corrected chi connectivity index (χ4v) is 1.90. The van der Waals surface area contributed by atoms with E-state index in [1.165, 1.54) is 0 Å². The van der Waals surface area contributed by atoms with Gasteiger partial charge in [0.1, 0.15) is 17.5 Å². The van der Waals surface area contributed by atoms with Gasteiger partial charge in [0.25, 0.3) is 0 Å². The molecule has 1 aromatic heterocycles. The summed E-state index contributed by atoms with van der Waals surface area (Å²) in [4.78, 5) is 13.0. The van der Waals surface area contributed by atoms with Crippen molar-refractivity contribution in [3.63, 3.8) is 0 Å². The molecule has 0 fully saturated rings. The number of anilines is 2. The first-order valence-electron chi connectivity index (χ1n) is 6.59. The number of aryl methyl sites for hydroxylation is 1. The summed E-state index contributed by atoms with van der Waals surface area (Å²) >= 11 is 0. The summed E-state index contributed by atoms with van der Waals surface area (Å²) in [5.74, 6) is 3.14. The predicted molar refractivity (Wildman–Crippen MR) is 78.4 cm³/mol. The van der Waals surface area contributed by atoms with Crippen molar-refractivity contribution in [2.24, 2.45) is 5.92 Å². The number of aromatic nitrogens is 2. The van der Waals surface area contributed by atoms with Gasteiger partial charge in [-0.2, -0.15) is 5.26 Å². The van der Waals surface area contributed by atoms with E-state index in [1.807, 2.05) is 32.0 Å². The van der Waals surface area contributed by atoms with Crippen molar-refractivity contribution in [3.8, 4) is 6.07 Å². The van der Waals surface area contributed by atoms with Crippen LogP contribution in [-0.4, -0.2) is 37.2 Å². The van der Waals surface area contributed by atoms with Crippen LogP contribution in [0.2, 0.25) is 0 Å². The molecule has 0 saturated heterocycles. The molecule has 1 heterocycles. The lowest BCUT2D eigenvalue weighted by molar-refractivity contribution is 0.633. The van der Waals surface area contributed by atoms with Gasteiger partial charge in [0, 0.05) is 33.3 Å². The Labute approximate surface area is 115 Å². The molecular weight excluding hydrogens is 238 g/mol. The molecule has 19 heavy (non-hydrogen) atoms. The average Bonchev–Trinajstić information content (AvgIpc) is 2.34. The number of hydrogen-bond acceptors (Lipinski definition) is 5. The molecule has 0 bridgehead atoms. The molecule has 0 spiro atoms. The van der Waals surface area contributed by atoms with Crippen molar-refractivity contribution in [3.05, 3.63) is 11.9 Å². The van der Waals surface area contributed by atoms with Gasteiger partial charge in [-0.1, -0.05) is 13.8 Å². The van der Waals surface area contributed by atoms with Crippen LogP contribution in [0.3, 0.4) is 0 Å². The molecular formula is C14H23N5. The minimum Gasteiger partial charge on any atom is -0.359 e. The second-order valence-electron chi connectivity index (χ2n) is 5.24. The average molecular weight is 261 g/mol. The first kappa shape index (κ1) is 15.2. The number of nitrogens with zero attached hydrogens (tertiary/aromatic N) is 5. The summed E-state index contributed by atoms with van der Waals surface area (Å²) < 4.78 is 0. The maximum atomic E-state index is 8.64. The van der Waals surface area contributed by atoms with Crippen molar-refractivity contribution < 1.29 is 0 Å². The van der Waals surface area contributed by atoms with E-state index in [0.717, 1.165) is 24.0 Å². The van der Waals surface area contributed by atoms with Crippen LogP contribution in [0.5, 0.6) is 0 Å². The van der Waals surface area contributed by atoms with E-state index in [2.05, 4.69) is 34.8 Å². The Balaban J connectivity index is 2.90. The largest absolute Gasteiger partial charge is 0.359 e. The Morgan fingerprint density at radius 3 is 2.32 bits per heavy atom. The van der Waals surface area contributed by atoms with Crippen molar-refractivity contribution in [2.45, 2.75) is 27.2 Å². The molecule has 5 heteroatoms. The van der Waals surface area contributed by atoms with Gasteiger partial charge in [-0.15, -0.1) is 0 Å². The lowest BCUT2D eigenvalue weighted by atomic mass is 10.2. The van der Waals surface area contributed by atoms with E-state index in [9.17, 15) is 0 Å². The Morgan fingerprint density at radius 1 is 1.21 bits per heavy atom. The zero-order chi connectivity index (χ0) is 14.4. The Morgan fingerprint density at radius 2 is 1.79 bits per heavy atom. The zero-order valence-electron chi connectivity index (χ0n) is 12.5. The van der Waals surface area contributed by atoms with Crippen LogP contribution in [0.4, 0.5) is 11.6 Å². The highest BCUT2D eigenvalue weighted by Crippen LogP contribution is 2.18. The van der Waals surface area contributed by atoms with Gasteiger partial charge in [0.15, 0.2) is 0 Å². The quantitative estimate of drug-likeness (QED) is 0.786. The summed E-state index contributed by atoms with van der Waals surface area (Å²) in [7, 11) is 3.99. The molecule has 0 aliphatic heterocycles. The maximum Gasteiger partial charge on any atom is 0.134 e. The predicted octanol–water partition coefficient (Wildman–Crippen LogP) is 2.23. The highest BCUT2D eigenvalue weighted by Gasteiger charge is 2.10. The van der Waals surface area contributed by atoms with Crippen LogP contribution in [0.15, 0.2) is 6.07 Å². The molecule has 0 atom stereocenters. The lowest BCUT2D eigenvalue weighted by Gasteiger charge is -2.23. The summed E-state index contributed by atoms with van der Waals surface area (Å²) in [6, 6.07) is 4.13. The van der Waals surface area contributed by atoms with Gasteiger partial charge in [-0.05, 0) is 12.8 Å². The standard InChI is InChI=1S/C14H23N5/c1-11(2)10-19(5)14-9-13(16-12(3)17-14)18(4)8-6-7-15/h9,11H,6,8,10H2,1-5H3. The van der Waals surface area contributed by atoms with E-state index in [1.54, 1.807) is 0 Å². The van der Waals surface area contributed by atoms with Gasteiger partial charge >= 0.3 is 0 Å². The topological polar surface area (TPSA) is 56.1 Å². The lowest BCUT2D eigenvalue weighted by Crippen LogP contribution is -2.25. The van der Waals surface area contributed by atoms with Gasteiger partial charge in [0.2, 0.25) is 0 Å². The Hall–Kier alpha value is -1.83. The van der Waals surface area contributed by atoms with Crippen LogP contribution in [-0.2, 0) is 0 Å². The van der Waals surface area contributed by atoms with Gasteiger partial charge in [-0.25, -0.2) is 9.97 Å². The summed E-state index contributed by atoms with van der Waals surface area (Å²) in [6.07, 6.45) is 0.497. The molecule has 0 aliphatic carbocycles. The molecule has 1 rings (SSSR count). The van der Waals surface area contributed by atoms with Crippen molar-refractivity contribution in [2.75, 3.05) is 37.0 Å². The van der Waals surface area contributed by atoms with Gasteiger partial charge in [-0.3, -0.25) is 0 Å². The SMILES string of the molecule is Cc1nc(N(C)CCC#N)cc(N(C)CC(C)C)n1. The van der Waals surface area contributed by atoms with E-state index in [4.69, 9.17) is 5.26 Å². The second kappa shape index (κ2) is 6.93. The highest BCUT2D eigenvalue weighted by molar-refractivity contribution is 5.50. The summed E-state index contributed by atoms with van der Waals surface area (Å²) in [6.45, 7) is 7.90. The molecule has 5 nitrogen and oxygen atoms in total. The fourth-order valence-electron chi connectivity index (χ4n) is 1.90. The summed E-state index contributed by atoms with van der Waals surface area (Å²) in [5.41, 5.74) is 0. The van der Waals surface area contributed by atoms with E-state index >= 15 is 0 Å². The van der Waals surface area contributed by atoms with Crippen LogP contribution in [0, 0.1) is 24.2 Å². The summed E-state index contributed by atoms with van der Waals surface area (Å²) in [5, 5.41) is 8.64. The Kier molecular flexibility index (Phi) is 5.56. The molecule has 0 aromatic carbocycles. The minimum atomic E-state index is 0.497. The molecule has 0 radical (unpaired) electrons. The molecule has 104 valence electrons. The molecule has 0 N–H and O–H groups in total. The number of hydrogen-bond donors (Lipinski definition) is 0. The van der Waals surface area contributed by atoms with Crippen LogP contribution in [0.1, 0.15) is 26.1 Å². The molecule has 0 saturated carbocycles. The monoisotopic (exact) mass is 261 g/mol. The third-order valence-corrected chi connectivity index (χ3v) is 2.79. The first-order chi connectivity index (χ1) is 8.93. The number of nitriles is 1. The minimum absolute atomic E-state index is 0.497. The Bertz CT molecular complexity index is 450. The van der Waals surface area contributed by atoms with Gasteiger partial charge in [0.05, 0.1) is 12.5 Å². The van der Waals surface area contributed by atoms with E-state index in [-0.39, 0.29) is 0 Å². The van der Waals surface area contributed by atoms with E-state index < -0.39 is 0 Å². The number of rotatable bonds is 6. The van der Waals surface area contributed by atoms with Crippen molar-refractivity contribution in [1.29, 1.82) is 5.26 Å². The molecule has 0 unspecified atom stereocenters. The van der Waals surface area contributed by atoms with Crippen molar-refractivity contribution >= 4 is 11.6 Å². The smallest absolute Gasteiger partial charge is 0.134 e. The molecule has 0 amide bonds. The normalized spacial score (nSPS) is 10.4. The third-order valence-electron chi connectivity index (χ3n) is 2.79. The van der Waals surface area contributed by atoms with Crippen LogP contribution >= 0.6 is 0 Å². The zero-order valence-corrected chi connectivity index (χ0v) is 12.5. The highest BCUT2D eigenvalue weighted by atomic mass is 15.2. The van der Waals surface area contributed by atoms with Gasteiger partial charge < -0.3 is 9.80 Å². The first-order valence-corrected chi connectivity index (χ1v) is 6.59. The molecule has 1 aromatic rings. The van der Waals surface area contributed by atoms with E-state index in [0.29, 0.717) is 18.9 Å². The third kappa shape index (κ3) is 4.74. The van der Waals surface area contributed by atoms with Crippen LogP contribution < -0.4 is 9.80 Å². The molecule has 0 aliphatic rings.